The van der Waals surface area contributed by atoms with E-state index in [1.165, 1.54) is 27.4 Å². The predicted molar refractivity (Wildman–Crippen MR) is 100 cm³/mol. The Hall–Kier alpha value is -3.09. The maximum absolute atomic E-state index is 13.3. The molecule has 7 heteroatoms. The first-order chi connectivity index (χ1) is 12.9. The second-order valence-electron chi connectivity index (χ2n) is 6.80. The Morgan fingerprint density at radius 1 is 1.19 bits per heavy atom. The summed E-state index contributed by atoms with van der Waals surface area (Å²) in [5.74, 6) is 0.428. The molecule has 0 aliphatic carbocycles. The van der Waals surface area contributed by atoms with Gasteiger partial charge in [0, 0.05) is 19.2 Å². The summed E-state index contributed by atoms with van der Waals surface area (Å²) in [6, 6.07) is 14.2. The number of rotatable bonds is 6. The molecule has 0 spiro atoms. The van der Waals surface area contributed by atoms with Crippen LogP contribution in [0.2, 0.25) is 0 Å². The smallest absolute Gasteiger partial charge is 0.246 e. The van der Waals surface area contributed by atoms with Crippen molar-refractivity contribution in [2.24, 2.45) is 0 Å². The minimum Gasteiger partial charge on any atom is -0.340 e. The van der Waals surface area contributed by atoms with Crippen molar-refractivity contribution in [2.75, 3.05) is 7.05 Å². The van der Waals surface area contributed by atoms with Crippen LogP contribution in [0.25, 0.3) is 11.4 Å². The van der Waals surface area contributed by atoms with Crippen molar-refractivity contribution in [3.05, 3.63) is 65.5 Å². The van der Waals surface area contributed by atoms with Gasteiger partial charge in [-0.1, -0.05) is 50.2 Å². The third-order valence-corrected chi connectivity index (χ3v) is 4.30. The Kier molecular flexibility index (Phi) is 5.59. The van der Waals surface area contributed by atoms with Crippen LogP contribution < -0.4 is 0 Å². The van der Waals surface area contributed by atoms with E-state index in [2.05, 4.69) is 29.3 Å². The van der Waals surface area contributed by atoms with Gasteiger partial charge in [-0.3, -0.25) is 4.79 Å². The lowest BCUT2D eigenvalue weighted by Crippen LogP contribution is -2.30. The Morgan fingerprint density at radius 3 is 2.59 bits per heavy atom. The summed E-state index contributed by atoms with van der Waals surface area (Å²) in [4.78, 5) is 15.2. The van der Waals surface area contributed by atoms with Crippen LogP contribution in [-0.2, 0) is 17.9 Å². The van der Waals surface area contributed by atoms with Crippen molar-refractivity contribution in [3.8, 4) is 11.4 Å². The molecule has 3 rings (SSSR count). The summed E-state index contributed by atoms with van der Waals surface area (Å²) in [6.45, 7) is 4.56. The summed E-state index contributed by atoms with van der Waals surface area (Å²) in [7, 11) is 1.66. The van der Waals surface area contributed by atoms with Crippen LogP contribution in [0.3, 0.4) is 0 Å². The van der Waals surface area contributed by atoms with Crippen LogP contribution >= 0.6 is 0 Å². The lowest BCUT2D eigenvalue weighted by molar-refractivity contribution is -0.131. The molecule has 2 aromatic carbocycles. The Balaban J connectivity index is 1.63. The number of tetrazole rings is 1. The van der Waals surface area contributed by atoms with E-state index in [9.17, 15) is 9.18 Å². The maximum Gasteiger partial charge on any atom is 0.246 e. The normalized spacial score (nSPS) is 11.0. The highest BCUT2D eigenvalue weighted by Crippen LogP contribution is 2.19. The van der Waals surface area contributed by atoms with Crippen LogP contribution in [0.4, 0.5) is 4.39 Å². The number of aromatic nitrogens is 4. The van der Waals surface area contributed by atoms with E-state index in [-0.39, 0.29) is 18.3 Å². The number of hydrogen-bond acceptors (Lipinski definition) is 4. The monoisotopic (exact) mass is 367 g/mol. The van der Waals surface area contributed by atoms with Gasteiger partial charge >= 0.3 is 0 Å². The number of halogens is 1. The average Bonchev–Trinajstić information content (AvgIpc) is 3.10. The summed E-state index contributed by atoms with van der Waals surface area (Å²) in [5.41, 5.74) is 2.81. The molecular formula is C20H22FN5O. The van der Waals surface area contributed by atoms with Crippen LogP contribution in [-0.4, -0.2) is 38.1 Å². The summed E-state index contributed by atoms with van der Waals surface area (Å²) >= 11 is 0. The third-order valence-electron chi connectivity index (χ3n) is 4.30. The standard InChI is InChI=1S/C20H22FN5O/c1-14(2)16-7-9-17(10-8-16)20-22-24-26(23-20)13-19(27)25(3)12-15-5-4-6-18(21)11-15/h4-11,14H,12-13H2,1-3H3. The largest absolute Gasteiger partial charge is 0.340 e. The molecule has 0 saturated heterocycles. The van der Waals surface area contributed by atoms with Crippen LogP contribution in [0, 0.1) is 5.82 Å². The van der Waals surface area contributed by atoms with Crippen LogP contribution in [0.15, 0.2) is 48.5 Å². The first kappa shape index (κ1) is 18.7. The molecule has 0 unspecified atom stereocenters. The third kappa shape index (κ3) is 4.75. The topological polar surface area (TPSA) is 63.9 Å². The van der Waals surface area contributed by atoms with Crippen molar-refractivity contribution >= 4 is 5.91 Å². The van der Waals surface area contributed by atoms with Gasteiger partial charge in [-0.05, 0) is 34.4 Å². The van der Waals surface area contributed by atoms with Gasteiger partial charge in [0.1, 0.15) is 12.4 Å². The quantitative estimate of drug-likeness (QED) is 0.671. The predicted octanol–water partition coefficient (Wildman–Crippen LogP) is 3.26. The van der Waals surface area contributed by atoms with Crippen LogP contribution in [0.1, 0.15) is 30.9 Å². The molecule has 0 atom stereocenters. The molecule has 1 heterocycles. The van der Waals surface area contributed by atoms with Gasteiger partial charge in [-0.2, -0.15) is 4.80 Å². The molecule has 1 aromatic heterocycles. The molecule has 27 heavy (non-hydrogen) atoms. The van der Waals surface area contributed by atoms with E-state index in [1.54, 1.807) is 19.2 Å². The average molecular weight is 367 g/mol. The van der Waals surface area contributed by atoms with Crippen molar-refractivity contribution in [2.45, 2.75) is 32.9 Å². The number of carbonyl (C=O) groups excluding carboxylic acids is 1. The van der Waals surface area contributed by atoms with Gasteiger partial charge in [0.05, 0.1) is 0 Å². The van der Waals surface area contributed by atoms with E-state index in [1.807, 2.05) is 24.3 Å². The molecule has 0 radical (unpaired) electrons. The number of nitrogens with zero attached hydrogens (tertiary/aromatic N) is 5. The zero-order valence-electron chi connectivity index (χ0n) is 15.6. The van der Waals surface area contributed by atoms with Crippen LogP contribution in [0.5, 0.6) is 0 Å². The molecule has 6 nitrogen and oxygen atoms in total. The molecule has 0 N–H and O–H groups in total. The van der Waals surface area contributed by atoms with Gasteiger partial charge in [0.2, 0.25) is 11.7 Å². The molecule has 0 aliphatic heterocycles. The van der Waals surface area contributed by atoms with E-state index in [0.29, 0.717) is 18.3 Å². The fraction of sp³-hybridized carbons (Fsp3) is 0.300. The van der Waals surface area contributed by atoms with Gasteiger partial charge in [-0.25, -0.2) is 4.39 Å². The van der Waals surface area contributed by atoms with Crippen molar-refractivity contribution in [3.63, 3.8) is 0 Å². The van der Waals surface area contributed by atoms with Gasteiger partial charge in [0.25, 0.3) is 0 Å². The summed E-state index contributed by atoms with van der Waals surface area (Å²) in [5, 5.41) is 12.3. The number of amides is 1. The van der Waals surface area contributed by atoms with Gasteiger partial charge in [-0.15, -0.1) is 10.2 Å². The molecule has 0 bridgehead atoms. The first-order valence-corrected chi connectivity index (χ1v) is 8.79. The zero-order valence-corrected chi connectivity index (χ0v) is 15.6. The Morgan fingerprint density at radius 2 is 1.93 bits per heavy atom. The zero-order chi connectivity index (χ0) is 19.4. The van der Waals surface area contributed by atoms with E-state index >= 15 is 0 Å². The fourth-order valence-electron chi connectivity index (χ4n) is 2.68. The van der Waals surface area contributed by atoms with E-state index < -0.39 is 0 Å². The number of carbonyl (C=O) groups is 1. The van der Waals surface area contributed by atoms with E-state index in [0.717, 1.165) is 11.1 Å². The Labute approximate surface area is 157 Å². The Bertz CT molecular complexity index is 920. The lowest BCUT2D eigenvalue weighted by atomic mass is 10.0. The number of likely N-dealkylation sites (N-methyl/N-ethyl adjacent to an activating group) is 1. The van der Waals surface area contributed by atoms with Gasteiger partial charge in [0.15, 0.2) is 0 Å². The molecule has 0 aliphatic rings. The van der Waals surface area contributed by atoms with Crippen molar-refractivity contribution < 1.29 is 9.18 Å². The number of benzene rings is 2. The summed E-state index contributed by atoms with van der Waals surface area (Å²) < 4.78 is 13.3. The van der Waals surface area contributed by atoms with Crippen molar-refractivity contribution in [1.29, 1.82) is 0 Å². The van der Waals surface area contributed by atoms with E-state index in [4.69, 9.17) is 0 Å². The fourth-order valence-corrected chi connectivity index (χ4v) is 2.68. The highest BCUT2D eigenvalue weighted by molar-refractivity contribution is 5.75. The minimum absolute atomic E-state index is 0.0249. The highest BCUT2D eigenvalue weighted by Gasteiger charge is 2.14. The second-order valence-corrected chi connectivity index (χ2v) is 6.80. The highest BCUT2D eigenvalue weighted by atomic mass is 19.1. The SMILES string of the molecule is CC(C)c1ccc(-c2nnn(CC(=O)N(C)Cc3cccc(F)c3)n2)cc1. The maximum atomic E-state index is 13.3. The van der Waals surface area contributed by atoms with Gasteiger partial charge < -0.3 is 4.90 Å². The number of hydrogen-bond donors (Lipinski definition) is 0. The molecular weight excluding hydrogens is 345 g/mol. The van der Waals surface area contributed by atoms with Crippen molar-refractivity contribution in [1.82, 2.24) is 25.1 Å². The molecule has 1 amide bonds. The molecule has 0 saturated carbocycles. The minimum atomic E-state index is -0.320. The molecule has 3 aromatic rings. The molecule has 0 fully saturated rings. The molecule has 140 valence electrons. The second kappa shape index (κ2) is 8.07. The lowest BCUT2D eigenvalue weighted by Gasteiger charge is -2.16. The first-order valence-electron chi connectivity index (χ1n) is 8.79. The summed E-state index contributed by atoms with van der Waals surface area (Å²) in [6.07, 6.45) is 0.